The molecule has 2 unspecified atom stereocenters. The summed E-state index contributed by atoms with van der Waals surface area (Å²) in [5.74, 6) is -0.692. The van der Waals surface area contributed by atoms with E-state index in [2.05, 4.69) is 16.8 Å². The molecule has 0 bridgehead atoms. The van der Waals surface area contributed by atoms with Gasteiger partial charge in [0.1, 0.15) is 6.04 Å². The standard InChI is InChI=1S/C10H19N3O2/c1-11-3-5-13-6-4-12(2)9(10(14)15)8(13)7-11/h8-9H,3-7H2,1-2H3,(H,14,15). The van der Waals surface area contributed by atoms with Crippen LogP contribution in [0.1, 0.15) is 0 Å². The third kappa shape index (κ3) is 2.00. The number of fused-ring (bicyclic) bond motifs is 1. The van der Waals surface area contributed by atoms with E-state index >= 15 is 0 Å². The molecule has 2 aliphatic heterocycles. The second-order valence-corrected chi connectivity index (χ2v) is 4.63. The minimum Gasteiger partial charge on any atom is -0.480 e. The summed E-state index contributed by atoms with van der Waals surface area (Å²) < 4.78 is 0. The second-order valence-electron chi connectivity index (χ2n) is 4.63. The van der Waals surface area contributed by atoms with Gasteiger partial charge in [-0.25, -0.2) is 0 Å². The molecule has 0 aromatic carbocycles. The number of carboxylic acids is 1. The number of carboxylic acid groups (broad SMARTS) is 1. The first-order chi connectivity index (χ1) is 7.09. The molecule has 86 valence electrons. The molecule has 2 saturated heterocycles. The van der Waals surface area contributed by atoms with Crippen LogP contribution in [0.5, 0.6) is 0 Å². The SMILES string of the molecule is CN1CCN2CCN(C)C(C(=O)O)C2C1. The van der Waals surface area contributed by atoms with Crippen LogP contribution in [0.15, 0.2) is 0 Å². The van der Waals surface area contributed by atoms with Crippen LogP contribution in [0, 0.1) is 0 Å². The van der Waals surface area contributed by atoms with Crippen LogP contribution < -0.4 is 0 Å². The molecule has 2 atom stereocenters. The molecule has 0 aliphatic carbocycles. The highest BCUT2D eigenvalue weighted by Gasteiger charge is 2.41. The van der Waals surface area contributed by atoms with E-state index in [0.717, 1.165) is 32.7 Å². The third-order valence-electron chi connectivity index (χ3n) is 3.57. The number of piperazine rings is 2. The first-order valence-corrected chi connectivity index (χ1v) is 5.45. The maximum atomic E-state index is 11.2. The van der Waals surface area contributed by atoms with Crippen molar-refractivity contribution >= 4 is 5.97 Å². The fraction of sp³-hybridized carbons (Fsp3) is 0.900. The lowest BCUT2D eigenvalue weighted by molar-refractivity contribution is -0.149. The molecular formula is C10H19N3O2. The van der Waals surface area contributed by atoms with Crippen LogP contribution in [-0.4, -0.2) is 84.7 Å². The molecular weight excluding hydrogens is 194 g/mol. The summed E-state index contributed by atoms with van der Waals surface area (Å²) in [6.45, 7) is 4.77. The molecule has 0 saturated carbocycles. The van der Waals surface area contributed by atoms with Crippen LogP contribution in [0.2, 0.25) is 0 Å². The van der Waals surface area contributed by atoms with E-state index in [1.165, 1.54) is 0 Å². The van der Waals surface area contributed by atoms with Gasteiger partial charge in [0.15, 0.2) is 0 Å². The van der Waals surface area contributed by atoms with Crippen molar-refractivity contribution in [3.05, 3.63) is 0 Å². The van der Waals surface area contributed by atoms with Crippen molar-refractivity contribution in [2.24, 2.45) is 0 Å². The van der Waals surface area contributed by atoms with Crippen molar-refractivity contribution in [1.82, 2.24) is 14.7 Å². The molecule has 2 heterocycles. The van der Waals surface area contributed by atoms with Crippen molar-refractivity contribution in [3.63, 3.8) is 0 Å². The van der Waals surface area contributed by atoms with E-state index in [1.807, 2.05) is 11.9 Å². The third-order valence-corrected chi connectivity index (χ3v) is 3.57. The molecule has 1 N–H and O–H groups in total. The molecule has 0 amide bonds. The van der Waals surface area contributed by atoms with Gasteiger partial charge in [-0.15, -0.1) is 0 Å². The Bertz CT molecular complexity index is 257. The molecule has 0 spiro atoms. The van der Waals surface area contributed by atoms with Crippen molar-refractivity contribution in [3.8, 4) is 0 Å². The number of hydrogen-bond acceptors (Lipinski definition) is 4. The predicted molar refractivity (Wildman–Crippen MR) is 56.9 cm³/mol. The van der Waals surface area contributed by atoms with Gasteiger partial charge in [-0.05, 0) is 14.1 Å². The summed E-state index contributed by atoms with van der Waals surface area (Å²) in [6.07, 6.45) is 0. The quantitative estimate of drug-likeness (QED) is 0.605. The lowest BCUT2D eigenvalue weighted by atomic mass is 9.99. The highest BCUT2D eigenvalue weighted by atomic mass is 16.4. The van der Waals surface area contributed by atoms with Gasteiger partial charge >= 0.3 is 5.97 Å². The zero-order chi connectivity index (χ0) is 11.0. The smallest absolute Gasteiger partial charge is 0.322 e. The van der Waals surface area contributed by atoms with Gasteiger partial charge in [-0.2, -0.15) is 0 Å². The van der Waals surface area contributed by atoms with E-state index in [4.69, 9.17) is 0 Å². The van der Waals surface area contributed by atoms with Crippen LogP contribution in [0.3, 0.4) is 0 Å². The van der Waals surface area contributed by atoms with E-state index in [0.29, 0.717) is 0 Å². The number of rotatable bonds is 1. The van der Waals surface area contributed by atoms with E-state index in [1.54, 1.807) is 0 Å². The Hall–Kier alpha value is -0.650. The Labute approximate surface area is 90.2 Å². The molecule has 5 heteroatoms. The van der Waals surface area contributed by atoms with Crippen molar-refractivity contribution in [1.29, 1.82) is 0 Å². The first-order valence-electron chi connectivity index (χ1n) is 5.45. The summed E-state index contributed by atoms with van der Waals surface area (Å²) >= 11 is 0. The topological polar surface area (TPSA) is 47.0 Å². The molecule has 0 aromatic heterocycles. The molecule has 0 radical (unpaired) electrons. The molecule has 2 rings (SSSR count). The Morgan fingerprint density at radius 2 is 1.87 bits per heavy atom. The van der Waals surface area contributed by atoms with Crippen LogP contribution >= 0.6 is 0 Å². The summed E-state index contributed by atoms with van der Waals surface area (Å²) in [5, 5.41) is 9.25. The zero-order valence-electron chi connectivity index (χ0n) is 9.39. The summed E-state index contributed by atoms with van der Waals surface area (Å²) in [6, 6.07) is -0.193. The van der Waals surface area contributed by atoms with Crippen molar-refractivity contribution in [2.45, 2.75) is 12.1 Å². The second kappa shape index (κ2) is 4.08. The normalized spacial score (nSPS) is 35.1. The number of nitrogens with zero attached hydrogens (tertiary/aromatic N) is 3. The number of hydrogen-bond donors (Lipinski definition) is 1. The van der Waals surface area contributed by atoms with Gasteiger partial charge in [0.25, 0.3) is 0 Å². The molecule has 15 heavy (non-hydrogen) atoms. The van der Waals surface area contributed by atoms with Crippen LogP contribution in [0.25, 0.3) is 0 Å². The van der Waals surface area contributed by atoms with Gasteiger partial charge in [-0.1, -0.05) is 0 Å². The Kier molecular flexibility index (Phi) is 2.95. The molecule has 2 aliphatic rings. The largest absolute Gasteiger partial charge is 0.480 e. The number of carbonyl (C=O) groups is 1. The first kappa shape index (κ1) is 10.9. The lowest BCUT2D eigenvalue weighted by Gasteiger charge is -2.48. The maximum absolute atomic E-state index is 11.2. The van der Waals surface area contributed by atoms with E-state index in [9.17, 15) is 9.90 Å². The average molecular weight is 213 g/mol. The maximum Gasteiger partial charge on any atom is 0.322 e. The number of aliphatic carboxylic acids is 1. The molecule has 0 aromatic rings. The molecule has 2 fully saturated rings. The van der Waals surface area contributed by atoms with E-state index < -0.39 is 5.97 Å². The average Bonchev–Trinajstić information content (AvgIpc) is 2.16. The fourth-order valence-electron chi connectivity index (χ4n) is 2.64. The van der Waals surface area contributed by atoms with Gasteiger partial charge in [0.2, 0.25) is 0 Å². The van der Waals surface area contributed by atoms with Crippen molar-refractivity contribution in [2.75, 3.05) is 46.8 Å². The zero-order valence-corrected chi connectivity index (χ0v) is 9.39. The van der Waals surface area contributed by atoms with Crippen LogP contribution in [0.4, 0.5) is 0 Å². The van der Waals surface area contributed by atoms with Gasteiger partial charge in [0, 0.05) is 38.8 Å². The summed E-state index contributed by atoms with van der Waals surface area (Å²) in [7, 11) is 3.97. The Morgan fingerprint density at radius 1 is 1.20 bits per heavy atom. The van der Waals surface area contributed by atoms with Gasteiger partial charge < -0.3 is 10.0 Å². The van der Waals surface area contributed by atoms with Gasteiger partial charge in [0.05, 0.1) is 0 Å². The minimum atomic E-state index is -0.692. The van der Waals surface area contributed by atoms with Gasteiger partial charge in [-0.3, -0.25) is 14.6 Å². The Balaban J connectivity index is 2.15. The molecule has 5 nitrogen and oxygen atoms in total. The summed E-state index contributed by atoms with van der Waals surface area (Å²) in [4.78, 5) is 17.7. The number of likely N-dealkylation sites (N-methyl/N-ethyl adjacent to an activating group) is 2. The highest BCUT2D eigenvalue weighted by molar-refractivity contribution is 5.74. The predicted octanol–water partition coefficient (Wildman–Crippen LogP) is -0.999. The highest BCUT2D eigenvalue weighted by Crippen LogP contribution is 2.20. The van der Waals surface area contributed by atoms with Crippen molar-refractivity contribution < 1.29 is 9.90 Å². The monoisotopic (exact) mass is 213 g/mol. The fourth-order valence-corrected chi connectivity index (χ4v) is 2.64. The summed E-state index contributed by atoms with van der Waals surface area (Å²) in [5.41, 5.74) is 0. The van der Waals surface area contributed by atoms with E-state index in [-0.39, 0.29) is 12.1 Å². The Morgan fingerprint density at radius 3 is 2.53 bits per heavy atom. The minimum absolute atomic E-state index is 0.153. The lowest BCUT2D eigenvalue weighted by Crippen LogP contribution is -2.67. The van der Waals surface area contributed by atoms with Crippen LogP contribution in [-0.2, 0) is 4.79 Å².